The third kappa shape index (κ3) is 2.24. The van der Waals surface area contributed by atoms with E-state index in [0.717, 1.165) is 43.1 Å². The van der Waals surface area contributed by atoms with Crippen LogP contribution in [0.2, 0.25) is 0 Å². The first-order chi connectivity index (χ1) is 11.7. The van der Waals surface area contributed by atoms with Crippen molar-refractivity contribution < 1.29 is 0 Å². The Morgan fingerprint density at radius 1 is 1.08 bits per heavy atom. The van der Waals surface area contributed by atoms with Crippen LogP contribution in [0.15, 0.2) is 17.1 Å². The normalized spacial score (nSPS) is 26.8. The van der Waals surface area contributed by atoms with E-state index in [-0.39, 0.29) is 5.56 Å². The predicted molar refractivity (Wildman–Crippen MR) is 93.6 cm³/mol. The number of anilines is 1. The molecule has 2 bridgehead atoms. The fourth-order valence-electron chi connectivity index (χ4n) is 4.23. The van der Waals surface area contributed by atoms with E-state index < -0.39 is 0 Å². The SMILES string of the molecule is Cn1c(C2CC2)nc2cnc(N3CCN4CCC3CC4)cc2c1=O. The first-order valence-electron chi connectivity index (χ1n) is 9.06. The lowest BCUT2D eigenvalue weighted by Crippen LogP contribution is -2.38. The van der Waals surface area contributed by atoms with Crippen LogP contribution in [0.4, 0.5) is 5.82 Å². The fourth-order valence-corrected chi connectivity index (χ4v) is 4.23. The van der Waals surface area contributed by atoms with Crippen LogP contribution >= 0.6 is 0 Å². The van der Waals surface area contributed by atoms with Gasteiger partial charge in [-0.3, -0.25) is 9.36 Å². The number of fused-ring (bicyclic) bond motifs is 5. The minimum atomic E-state index is 0.0634. The standard InChI is InChI=1S/C18H23N5O/c1-21-17(12-2-3-12)20-15-11-19-16(10-14(15)18(21)24)23-9-8-22-6-4-13(23)5-7-22/h10-13H,2-9H2,1H3. The molecular formula is C18H23N5O. The molecule has 126 valence electrons. The molecule has 6 nitrogen and oxygen atoms in total. The minimum absolute atomic E-state index is 0.0634. The summed E-state index contributed by atoms with van der Waals surface area (Å²) in [7, 11) is 1.85. The molecule has 0 amide bonds. The zero-order chi connectivity index (χ0) is 16.3. The molecule has 5 heterocycles. The maximum atomic E-state index is 12.8. The van der Waals surface area contributed by atoms with Crippen LogP contribution in [0.5, 0.6) is 0 Å². The molecular weight excluding hydrogens is 302 g/mol. The van der Waals surface area contributed by atoms with Crippen molar-refractivity contribution in [1.82, 2.24) is 19.4 Å². The van der Waals surface area contributed by atoms with Gasteiger partial charge in [-0.15, -0.1) is 0 Å². The maximum Gasteiger partial charge on any atom is 0.261 e. The highest BCUT2D eigenvalue weighted by Crippen LogP contribution is 2.38. The van der Waals surface area contributed by atoms with Crippen LogP contribution in [-0.4, -0.2) is 51.7 Å². The number of hydrogen-bond acceptors (Lipinski definition) is 5. The van der Waals surface area contributed by atoms with E-state index in [1.54, 1.807) is 10.8 Å². The van der Waals surface area contributed by atoms with Crippen molar-refractivity contribution in [3.05, 3.63) is 28.4 Å². The van der Waals surface area contributed by atoms with Gasteiger partial charge in [0.15, 0.2) is 0 Å². The van der Waals surface area contributed by atoms with Crippen LogP contribution in [0.1, 0.15) is 37.4 Å². The lowest BCUT2D eigenvalue weighted by molar-refractivity contribution is 0.250. The predicted octanol–water partition coefficient (Wildman–Crippen LogP) is 1.49. The second kappa shape index (κ2) is 5.28. The van der Waals surface area contributed by atoms with E-state index in [4.69, 9.17) is 4.98 Å². The highest BCUT2D eigenvalue weighted by molar-refractivity contribution is 5.79. The summed E-state index contributed by atoms with van der Waals surface area (Å²) in [6, 6.07) is 2.52. The summed E-state index contributed by atoms with van der Waals surface area (Å²) >= 11 is 0. The van der Waals surface area contributed by atoms with E-state index in [9.17, 15) is 4.79 Å². The quantitative estimate of drug-likeness (QED) is 0.837. The molecule has 1 saturated carbocycles. The lowest BCUT2D eigenvalue weighted by Gasteiger charge is -2.32. The molecule has 0 aromatic carbocycles. The first-order valence-corrected chi connectivity index (χ1v) is 9.06. The van der Waals surface area contributed by atoms with Gasteiger partial charge in [0.25, 0.3) is 5.56 Å². The molecule has 0 atom stereocenters. The highest BCUT2D eigenvalue weighted by Gasteiger charge is 2.31. The lowest BCUT2D eigenvalue weighted by atomic mass is 10.1. The van der Waals surface area contributed by atoms with Gasteiger partial charge < -0.3 is 9.80 Å². The number of pyridine rings is 1. The molecule has 3 saturated heterocycles. The zero-order valence-corrected chi connectivity index (χ0v) is 14.1. The van der Waals surface area contributed by atoms with Crippen LogP contribution in [-0.2, 0) is 7.05 Å². The van der Waals surface area contributed by atoms with Crippen LogP contribution in [0, 0.1) is 0 Å². The highest BCUT2D eigenvalue weighted by atomic mass is 16.1. The van der Waals surface area contributed by atoms with E-state index in [2.05, 4.69) is 14.8 Å². The summed E-state index contributed by atoms with van der Waals surface area (Å²) in [4.78, 5) is 27.1. The average molecular weight is 325 g/mol. The van der Waals surface area contributed by atoms with Gasteiger partial charge in [-0.05, 0) is 31.7 Å². The molecule has 0 unspecified atom stereocenters. The van der Waals surface area contributed by atoms with Gasteiger partial charge in [0.05, 0.1) is 17.1 Å². The molecule has 6 heteroatoms. The van der Waals surface area contributed by atoms with Crippen molar-refractivity contribution in [3.63, 3.8) is 0 Å². The molecule has 4 fully saturated rings. The van der Waals surface area contributed by atoms with Crippen LogP contribution in [0.3, 0.4) is 0 Å². The molecule has 0 spiro atoms. The number of hydrogen-bond donors (Lipinski definition) is 0. The van der Waals surface area contributed by atoms with Crippen molar-refractivity contribution in [2.45, 2.75) is 37.6 Å². The van der Waals surface area contributed by atoms with Gasteiger partial charge in [0.2, 0.25) is 0 Å². The summed E-state index contributed by atoms with van der Waals surface area (Å²) in [6.07, 6.45) is 6.47. The van der Waals surface area contributed by atoms with Crippen LogP contribution < -0.4 is 10.5 Å². The van der Waals surface area contributed by atoms with Gasteiger partial charge in [-0.25, -0.2) is 9.97 Å². The van der Waals surface area contributed by atoms with E-state index in [1.807, 2.05) is 13.1 Å². The third-order valence-electron chi connectivity index (χ3n) is 5.87. The monoisotopic (exact) mass is 325 g/mol. The second-order valence-electron chi connectivity index (χ2n) is 7.43. The summed E-state index contributed by atoms with van der Waals surface area (Å²) in [5, 5.41) is 0.700. The second-order valence-corrected chi connectivity index (χ2v) is 7.43. The summed E-state index contributed by atoms with van der Waals surface area (Å²) in [6.45, 7) is 4.45. The van der Waals surface area contributed by atoms with Gasteiger partial charge >= 0.3 is 0 Å². The van der Waals surface area contributed by atoms with Gasteiger partial charge in [0, 0.05) is 45.2 Å². The van der Waals surface area contributed by atoms with Gasteiger partial charge in [0.1, 0.15) is 11.6 Å². The van der Waals surface area contributed by atoms with Crippen molar-refractivity contribution in [2.75, 3.05) is 31.1 Å². The Hall–Kier alpha value is -1.95. The van der Waals surface area contributed by atoms with Crippen molar-refractivity contribution in [2.24, 2.45) is 7.05 Å². The van der Waals surface area contributed by atoms with Crippen molar-refractivity contribution >= 4 is 16.7 Å². The van der Waals surface area contributed by atoms with Gasteiger partial charge in [-0.2, -0.15) is 0 Å². The molecule has 3 aliphatic heterocycles. The van der Waals surface area contributed by atoms with E-state index in [0.29, 0.717) is 17.3 Å². The zero-order valence-electron chi connectivity index (χ0n) is 14.1. The number of rotatable bonds is 2. The summed E-state index contributed by atoms with van der Waals surface area (Å²) < 4.78 is 1.74. The van der Waals surface area contributed by atoms with Gasteiger partial charge in [-0.1, -0.05) is 0 Å². The number of aromatic nitrogens is 3. The average Bonchev–Trinajstić information content (AvgIpc) is 3.45. The Balaban J connectivity index is 1.59. The molecule has 0 radical (unpaired) electrons. The fraction of sp³-hybridized carbons (Fsp3) is 0.611. The largest absolute Gasteiger partial charge is 0.352 e. The first kappa shape index (κ1) is 14.4. The molecule has 2 aromatic rings. The third-order valence-corrected chi connectivity index (χ3v) is 5.87. The minimum Gasteiger partial charge on any atom is -0.352 e. The molecule has 24 heavy (non-hydrogen) atoms. The van der Waals surface area contributed by atoms with E-state index in [1.165, 1.54) is 25.9 Å². The molecule has 2 aromatic heterocycles. The summed E-state index contributed by atoms with van der Waals surface area (Å²) in [5.41, 5.74) is 0.806. The number of nitrogens with zero attached hydrogens (tertiary/aromatic N) is 5. The molecule has 1 aliphatic carbocycles. The Morgan fingerprint density at radius 2 is 1.88 bits per heavy atom. The van der Waals surface area contributed by atoms with Crippen LogP contribution in [0.25, 0.3) is 10.9 Å². The Kier molecular flexibility index (Phi) is 3.16. The van der Waals surface area contributed by atoms with Crippen molar-refractivity contribution in [3.8, 4) is 0 Å². The molecule has 4 aliphatic rings. The summed E-state index contributed by atoms with van der Waals surface area (Å²) in [5.74, 6) is 2.32. The van der Waals surface area contributed by atoms with E-state index >= 15 is 0 Å². The maximum absolute atomic E-state index is 12.8. The molecule has 6 rings (SSSR count). The Labute approximate surface area is 141 Å². The van der Waals surface area contributed by atoms with Crippen molar-refractivity contribution in [1.29, 1.82) is 0 Å². The Bertz CT molecular complexity index is 848. The smallest absolute Gasteiger partial charge is 0.261 e. The Morgan fingerprint density at radius 3 is 2.62 bits per heavy atom. The molecule has 0 N–H and O–H groups in total. The number of piperidine rings is 1. The topological polar surface area (TPSA) is 54.3 Å².